The molecule has 4 aromatic carbocycles. The highest BCUT2D eigenvalue weighted by molar-refractivity contribution is 5.52. The summed E-state index contributed by atoms with van der Waals surface area (Å²) in [5.41, 5.74) is 18.3. The first kappa shape index (κ1) is 23.2. The van der Waals surface area contributed by atoms with E-state index in [1.807, 2.05) is 60.7 Å². The molecule has 0 aromatic heterocycles. The van der Waals surface area contributed by atoms with Crippen LogP contribution in [0.15, 0.2) is 84.9 Å². The first-order valence-electron chi connectivity index (χ1n) is 11.8. The molecule has 0 aliphatic heterocycles. The molecule has 0 atom stereocenters. The Bertz CT molecular complexity index is 1130. The lowest BCUT2D eigenvalue weighted by Gasteiger charge is -2.10. The van der Waals surface area contributed by atoms with Gasteiger partial charge in [0.05, 0.1) is 0 Å². The topological polar surface area (TPSA) is 70.5 Å². The molecule has 0 spiro atoms. The van der Waals surface area contributed by atoms with Crippen LogP contribution < -0.4 is 20.9 Å². The summed E-state index contributed by atoms with van der Waals surface area (Å²) in [5.74, 6) is 3.27. The number of aryl methyl sites for hydroxylation is 4. The Labute approximate surface area is 202 Å². The van der Waals surface area contributed by atoms with Crippen LogP contribution in [0.3, 0.4) is 0 Å². The fourth-order valence-electron chi connectivity index (χ4n) is 3.91. The number of anilines is 2. The predicted octanol–water partition coefficient (Wildman–Crippen LogP) is 7.35. The second-order valence-corrected chi connectivity index (χ2v) is 8.42. The maximum absolute atomic E-state index is 6.00. The molecule has 4 rings (SSSR count). The molecule has 4 nitrogen and oxygen atoms in total. The lowest BCUT2D eigenvalue weighted by molar-refractivity contribution is 0.481. The maximum Gasteiger partial charge on any atom is 0.127 e. The van der Waals surface area contributed by atoms with Crippen molar-refractivity contribution in [2.75, 3.05) is 11.5 Å². The molecule has 174 valence electrons. The van der Waals surface area contributed by atoms with E-state index >= 15 is 0 Å². The lowest BCUT2D eigenvalue weighted by Crippen LogP contribution is -1.95. The Morgan fingerprint density at radius 3 is 1.21 bits per heavy atom. The average Bonchev–Trinajstić information content (AvgIpc) is 2.86. The van der Waals surface area contributed by atoms with Crippen molar-refractivity contribution in [1.82, 2.24) is 0 Å². The number of nitrogens with two attached hydrogens (primary N) is 2. The number of hydrogen-bond donors (Lipinski definition) is 2. The molecular formula is C30H32N2O2. The number of hydrogen-bond acceptors (Lipinski definition) is 4. The van der Waals surface area contributed by atoms with Gasteiger partial charge in [-0.2, -0.15) is 0 Å². The minimum Gasteiger partial charge on any atom is -0.457 e. The van der Waals surface area contributed by atoms with Crippen molar-refractivity contribution in [1.29, 1.82) is 0 Å². The summed E-state index contributed by atoms with van der Waals surface area (Å²) in [6.07, 6.45) is 3.69. The van der Waals surface area contributed by atoms with Crippen LogP contribution in [0.4, 0.5) is 11.4 Å². The zero-order chi connectivity index (χ0) is 23.9. The highest BCUT2D eigenvalue weighted by Gasteiger charge is 2.05. The minimum absolute atomic E-state index is 0.806. The third-order valence-electron chi connectivity index (χ3n) is 6.01. The summed E-state index contributed by atoms with van der Waals surface area (Å²) >= 11 is 0. The SMILES string of the molecule is CCc1cc(Oc2ccc(CCc3ccc(Oc4ccc(N)c(CC)c4)cc3)cc2)ccc1N. The molecule has 4 N–H and O–H groups in total. The van der Waals surface area contributed by atoms with Crippen molar-refractivity contribution in [2.24, 2.45) is 0 Å². The van der Waals surface area contributed by atoms with Crippen LogP contribution in [0, 0.1) is 0 Å². The summed E-state index contributed by atoms with van der Waals surface area (Å²) in [6.45, 7) is 4.18. The monoisotopic (exact) mass is 452 g/mol. The molecule has 0 heterocycles. The van der Waals surface area contributed by atoms with Gasteiger partial charge in [0.2, 0.25) is 0 Å². The lowest BCUT2D eigenvalue weighted by atomic mass is 10.0. The summed E-state index contributed by atoms with van der Waals surface area (Å²) in [6, 6.07) is 28.2. The van der Waals surface area contributed by atoms with Gasteiger partial charge in [-0.3, -0.25) is 0 Å². The summed E-state index contributed by atoms with van der Waals surface area (Å²) in [4.78, 5) is 0. The summed E-state index contributed by atoms with van der Waals surface area (Å²) < 4.78 is 12.0. The smallest absolute Gasteiger partial charge is 0.127 e. The Balaban J connectivity index is 1.31. The number of nitrogen functional groups attached to an aromatic ring is 2. The van der Waals surface area contributed by atoms with Gasteiger partial charge in [0.15, 0.2) is 0 Å². The van der Waals surface area contributed by atoms with Crippen molar-refractivity contribution in [3.63, 3.8) is 0 Å². The quantitative estimate of drug-likeness (QED) is 0.261. The molecule has 0 saturated heterocycles. The van der Waals surface area contributed by atoms with Crippen LogP contribution in [0.5, 0.6) is 23.0 Å². The second-order valence-electron chi connectivity index (χ2n) is 8.42. The third-order valence-corrected chi connectivity index (χ3v) is 6.01. The Kier molecular flexibility index (Phi) is 7.38. The first-order chi connectivity index (χ1) is 16.5. The molecule has 34 heavy (non-hydrogen) atoms. The van der Waals surface area contributed by atoms with Crippen molar-refractivity contribution in [3.8, 4) is 23.0 Å². The molecule has 0 unspecified atom stereocenters. The predicted molar refractivity (Wildman–Crippen MR) is 141 cm³/mol. The molecule has 4 heteroatoms. The zero-order valence-corrected chi connectivity index (χ0v) is 19.9. The van der Waals surface area contributed by atoms with Gasteiger partial charge in [0.25, 0.3) is 0 Å². The maximum atomic E-state index is 6.00. The molecule has 0 saturated carbocycles. The van der Waals surface area contributed by atoms with E-state index in [0.717, 1.165) is 71.2 Å². The molecule has 0 amide bonds. The molecular weight excluding hydrogens is 420 g/mol. The van der Waals surface area contributed by atoms with Gasteiger partial charge in [-0.25, -0.2) is 0 Å². The Morgan fingerprint density at radius 1 is 0.500 bits per heavy atom. The highest BCUT2D eigenvalue weighted by atomic mass is 16.5. The van der Waals surface area contributed by atoms with Gasteiger partial charge >= 0.3 is 0 Å². The van der Waals surface area contributed by atoms with Gasteiger partial charge in [-0.15, -0.1) is 0 Å². The number of benzene rings is 4. The molecule has 0 aliphatic carbocycles. The van der Waals surface area contributed by atoms with Gasteiger partial charge in [-0.1, -0.05) is 38.1 Å². The van der Waals surface area contributed by atoms with Crippen LogP contribution in [-0.2, 0) is 25.7 Å². The fourth-order valence-corrected chi connectivity index (χ4v) is 3.91. The standard InChI is InChI=1S/C30H32N2O2/c1-3-23-19-27(15-17-29(23)31)33-25-11-7-21(8-12-25)5-6-22-9-13-26(14-10-22)34-28-16-18-30(32)24(4-2)20-28/h7-20H,3-6,31-32H2,1-2H3. The second kappa shape index (κ2) is 10.8. The van der Waals surface area contributed by atoms with E-state index in [-0.39, 0.29) is 0 Å². The minimum atomic E-state index is 0.806. The highest BCUT2D eigenvalue weighted by Crippen LogP contribution is 2.27. The third kappa shape index (κ3) is 5.90. The van der Waals surface area contributed by atoms with Crippen molar-refractivity contribution in [3.05, 3.63) is 107 Å². The van der Waals surface area contributed by atoms with Crippen LogP contribution in [0.25, 0.3) is 0 Å². The largest absolute Gasteiger partial charge is 0.457 e. The van der Waals surface area contributed by atoms with E-state index in [1.165, 1.54) is 11.1 Å². The fraction of sp³-hybridized carbons (Fsp3) is 0.200. The number of ether oxygens (including phenoxy) is 2. The Morgan fingerprint density at radius 2 is 0.853 bits per heavy atom. The average molecular weight is 453 g/mol. The molecule has 0 radical (unpaired) electrons. The van der Waals surface area contributed by atoms with E-state index in [1.54, 1.807) is 0 Å². The van der Waals surface area contributed by atoms with Gasteiger partial charge in [0.1, 0.15) is 23.0 Å². The first-order valence-corrected chi connectivity index (χ1v) is 11.8. The molecule has 0 fully saturated rings. The number of rotatable bonds is 9. The van der Waals surface area contributed by atoms with E-state index < -0.39 is 0 Å². The normalized spacial score (nSPS) is 10.8. The molecule has 0 bridgehead atoms. The van der Waals surface area contributed by atoms with Gasteiger partial charge in [0, 0.05) is 11.4 Å². The summed E-state index contributed by atoms with van der Waals surface area (Å²) in [7, 11) is 0. The van der Waals surface area contributed by atoms with Crippen LogP contribution in [-0.4, -0.2) is 0 Å². The van der Waals surface area contributed by atoms with Gasteiger partial charge < -0.3 is 20.9 Å². The molecule has 4 aromatic rings. The van der Waals surface area contributed by atoms with Crippen molar-refractivity contribution in [2.45, 2.75) is 39.5 Å². The van der Waals surface area contributed by atoms with Crippen LogP contribution in [0.1, 0.15) is 36.1 Å². The zero-order valence-electron chi connectivity index (χ0n) is 19.9. The van der Waals surface area contributed by atoms with Gasteiger partial charge in [-0.05, 0) is 109 Å². The van der Waals surface area contributed by atoms with E-state index in [4.69, 9.17) is 20.9 Å². The van der Waals surface area contributed by atoms with Crippen molar-refractivity contribution >= 4 is 11.4 Å². The van der Waals surface area contributed by atoms with Crippen LogP contribution in [0.2, 0.25) is 0 Å². The van der Waals surface area contributed by atoms with E-state index in [2.05, 4.69) is 38.1 Å². The van der Waals surface area contributed by atoms with Crippen molar-refractivity contribution < 1.29 is 9.47 Å². The van der Waals surface area contributed by atoms with E-state index in [0.29, 0.717) is 0 Å². The summed E-state index contributed by atoms with van der Waals surface area (Å²) in [5, 5.41) is 0. The Hall–Kier alpha value is -3.92. The van der Waals surface area contributed by atoms with E-state index in [9.17, 15) is 0 Å². The van der Waals surface area contributed by atoms with Crippen LogP contribution >= 0.6 is 0 Å². The molecule has 0 aliphatic rings.